The topological polar surface area (TPSA) is 38.7 Å². The molecule has 1 aromatic rings. The maximum atomic E-state index is 10.8. The van der Waals surface area contributed by atoms with Crippen LogP contribution in [-0.4, -0.2) is 12.2 Å². The van der Waals surface area contributed by atoms with Gasteiger partial charge < -0.3 is 4.74 Å². The van der Waals surface area contributed by atoms with Crippen LogP contribution >= 0.6 is 0 Å². The summed E-state index contributed by atoms with van der Waals surface area (Å²) in [5.41, 5.74) is 2.03. The molecule has 0 fully saturated rings. The highest BCUT2D eigenvalue weighted by atomic mass is 16.6. The number of hydrogen-bond donors (Lipinski definition) is 0. The van der Waals surface area contributed by atoms with E-state index in [-0.39, 0.29) is 5.97 Å². The number of carbonyl (C=O) groups excluding carboxylic acids is 1. The van der Waals surface area contributed by atoms with Crippen molar-refractivity contribution < 1.29 is 9.53 Å². The molecule has 0 radical (unpaired) electrons. The van der Waals surface area contributed by atoms with E-state index in [0.29, 0.717) is 0 Å². The molecule has 0 amide bonds. The number of rotatable bonds is 1. The number of hydrogen-bond acceptors (Lipinski definition) is 3. The highest BCUT2D eigenvalue weighted by molar-refractivity contribution is 6.24. The van der Waals surface area contributed by atoms with Gasteiger partial charge in [0.1, 0.15) is 6.21 Å². The third-order valence-corrected chi connectivity index (χ3v) is 2.00. The van der Waals surface area contributed by atoms with Crippen molar-refractivity contribution in [3.05, 3.63) is 35.4 Å². The lowest BCUT2D eigenvalue weighted by Gasteiger charge is -2.09. The summed E-state index contributed by atoms with van der Waals surface area (Å²) in [6.07, 6.45) is 0.783. The predicted octanol–water partition coefficient (Wildman–Crippen LogP) is 1.62. The van der Waals surface area contributed by atoms with Crippen LogP contribution in [0.1, 0.15) is 17.4 Å². The summed E-state index contributed by atoms with van der Waals surface area (Å²) in [7, 11) is 0. The van der Waals surface area contributed by atoms with Gasteiger partial charge in [0.05, 0.1) is 0 Å². The van der Waals surface area contributed by atoms with E-state index in [0.717, 1.165) is 11.1 Å². The Morgan fingerprint density at radius 3 is 2.77 bits per heavy atom. The van der Waals surface area contributed by atoms with Crippen LogP contribution < -0.4 is 0 Å². The van der Waals surface area contributed by atoms with Crippen LogP contribution in [0.5, 0.6) is 0 Å². The van der Waals surface area contributed by atoms with Gasteiger partial charge in [-0.2, -0.15) is 0 Å². The zero-order chi connectivity index (χ0) is 9.26. The molecular formula is C10H9NO2. The molecule has 66 valence electrons. The average molecular weight is 175 g/mol. The molecule has 2 rings (SSSR count). The smallest absolute Gasteiger partial charge is 0.351 e. The van der Waals surface area contributed by atoms with Crippen molar-refractivity contribution in [2.45, 2.75) is 13.2 Å². The van der Waals surface area contributed by atoms with Crippen LogP contribution in [0, 0.1) is 6.92 Å². The monoisotopic (exact) mass is 175 g/mol. The van der Waals surface area contributed by atoms with Crippen LogP contribution in [0.4, 0.5) is 0 Å². The first-order valence-electron chi connectivity index (χ1n) is 4.07. The molecule has 1 aromatic carbocycles. The molecule has 1 heterocycles. The van der Waals surface area contributed by atoms with E-state index in [4.69, 9.17) is 4.74 Å². The fourth-order valence-corrected chi connectivity index (χ4v) is 1.31. The molecule has 1 atom stereocenters. The molecule has 1 aliphatic heterocycles. The molecule has 3 nitrogen and oxygen atoms in total. The number of carbonyl (C=O) groups is 1. The van der Waals surface area contributed by atoms with E-state index in [9.17, 15) is 4.79 Å². The molecule has 0 spiro atoms. The van der Waals surface area contributed by atoms with E-state index in [1.165, 1.54) is 6.21 Å². The minimum atomic E-state index is -0.436. The highest BCUT2D eigenvalue weighted by Crippen LogP contribution is 2.24. The summed E-state index contributed by atoms with van der Waals surface area (Å²) >= 11 is 0. The van der Waals surface area contributed by atoms with Gasteiger partial charge in [0.2, 0.25) is 6.23 Å². The molecular weight excluding hydrogens is 166 g/mol. The van der Waals surface area contributed by atoms with E-state index >= 15 is 0 Å². The summed E-state index contributed by atoms with van der Waals surface area (Å²) < 4.78 is 4.97. The third kappa shape index (κ3) is 1.45. The molecule has 0 saturated heterocycles. The van der Waals surface area contributed by atoms with Gasteiger partial charge in [-0.25, -0.2) is 9.79 Å². The van der Waals surface area contributed by atoms with Gasteiger partial charge in [-0.3, -0.25) is 0 Å². The molecule has 1 unspecified atom stereocenters. The van der Waals surface area contributed by atoms with Crippen molar-refractivity contribution in [1.29, 1.82) is 0 Å². The largest absolute Gasteiger partial charge is 0.431 e. The Morgan fingerprint density at radius 2 is 2.15 bits per heavy atom. The van der Waals surface area contributed by atoms with Crippen molar-refractivity contribution in [1.82, 2.24) is 0 Å². The maximum absolute atomic E-state index is 10.8. The van der Waals surface area contributed by atoms with E-state index in [1.807, 2.05) is 31.2 Å². The Morgan fingerprint density at radius 1 is 1.38 bits per heavy atom. The van der Waals surface area contributed by atoms with Gasteiger partial charge >= 0.3 is 5.97 Å². The van der Waals surface area contributed by atoms with E-state index in [1.54, 1.807) is 0 Å². The summed E-state index contributed by atoms with van der Waals surface area (Å²) in [4.78, 5) is 14.7. The van der Waals surface area contributed by atoms with Crippen LogP contribution in [0.25, 0.3) is 0 Å². The van der Waals surface area contributed by atoms with Crippen molar-refractivity contribution >= 4 is 12.2 Å². The normalized spacial score (nSPS) is 20.4. The second-order valence-corrected chi connectivity index (χ2v) is 2.92. The summed E-state index contributed by atoms with van der Waals surface area (Å²) in [6.45, 7) is 1.97. The highest BCUT2D eigenvalue weighted by Gasteiger charge is 2.20. The van der Waals surface area contributed by atoms with Crippen molar-refractivity contribution in [2.24, 2.45) is 4.99 Å². The number of esters is 1. The zero-order valence-corrected chi connectivity index (χ0v) is 7.23. The Balaban J connectivity index is 2.32. The number of ether oxygens (including phenoxy) is 1. The molecule has 0 N–H and O–H groups in total. The first kappa shape index (κ1) is 7.98. The van der Waals surface area contributed by atoms with Gasteiger partial charge in [0.25, 0.3) is 0 Å². The molecule has 0 bridgehead atoms. The molecule has 13 heavy (non-hydrogen) atoms. The number of aliphatic imine (C=N–C) groups is 1. The van der Waals surface area contributed by atoms with Crippen LogP contribution in [0.2, 0.25) is 0 Å². The molecule has 3 heteroatoms. The third-order valence-electron chi connectivity index (χ3n) is 2.00. The van der Waals surface area contributed by atoms with E-state index < -0.39 is 6.23 Å². The molecule has 0 saturated carbocycles. The lowest BCUT2D eigenvalue weighted by atomic mass is 10.1. The number of cyclic esters (lactones) is 1. The molecule has 0 aromatic heterocycles. The minimum absolute atomic E-state index is 0.367. The van der Waals surface area contributed by atoms with Crippen molar-refractivity contribution in [2.75, 3.05) is 0 Å². The molecule has 0 aliphatic carbocycles. The van der Waals surface area contributed by atoms with Gasteiger partial charge in [0.15, 0.2) is 0 Å². The Bertz CT molecular complexity index is 371. The summed E-state index contributed by atoms with van der Waals surface area (Å²) in [5.74, 6) is -0.367. The fourth-order valence-electron chi connectivity index (χ4n) is 1.31. The number of benzene rings is 1. The standard InChI is InChI=1S/C10H9NO2/c1-7-4-2-3-5-8(7)10-11-6-9(12)13-10/h2-6,10H,1H3. The first-order valence-corrected chi connectivity index (χ1v) is 4.07. The molecule has 1 aliphatic rings. The number of aryl methyl sites for hydroxylation is 1. The van der Waals surface area contributed by atoms with Crippen LogP contribution in [0.3, 0.4) is 0 Å². The van der Waals surface area contributed by atoms with E-state index in [2.05, 4.69) is 4.99 Å². The van der Waals surface area contributed by atoms with Crippen LogP contribution in [0.15, 0.2) is 29.3 Å². The van der Waals surface area contributed by atoms with Gasteiger partial charge in [-0.15, -0.1) is 0 Å². The second kappa shape index (κ2) is 3.01. The lowest BCUT2D eigenvalue weighted by molar-refractivity contribution is -0.137. The maximum Gasteiger partial charge on any atom is 0.351 e. The average Bonchev–Trinajstić information content (AvgIpc) is 2.53. The summed E-state index contributed by atoms with van der Waals surface area (Å²) in [6, 6.07) is 7.73. The minimum Gasteiger partial charge on any atom is -0.431 e. The van der Waals surface area contributed by atoms with Gasteiger partial charge in [-0.1, -0.05) is 24.3 Å². The first-order chi connectivity index (χ1) is 6.27. The Kier molecular flexibility index (Phi) is 1.85. The van der Waals surface area contributed by atoms with Crippen molar-refractivity contribution in [3.8, 4) is 0 Å². The lowest BCUT2D eigenvalue weighted by Crippen LogP contribution is -2.02. The summed E-state index contributed by atoms with van der Waals surface area (Å²) in [5, 5.41) is 0. The Labute approximate surface area is 76.1 Å². The zero-order valence-electron chi connectivity index (χ0n) is 7.23. The fraction of sp³-hybridized carbons (Fsp3) is 0.200. The van der Waals surface area contributed by atoms with Crippen molar-refractivity contribution in [3.63, 3.8) is 0 Å². The van der Waals surface area contributed by atoms with Gasteiger partial charge in [-0.05, 0) is 12.5 Å². The van der Waals surface area contributed by atoms with Gasteiger partial charge in [0, 0.05) is 5.56 Å². The SMILES string of the molecule is Cc1ccccc1C1N=CC(=O)O1. The predicted molar refractivity (Wildman–Crippen MR) is 48.5 cm³/mol. The Hall–Kier alpha value is -1.64. The quantitative estimate of drug-likeness (QED) is 0.608. The second-order valence-electron chi connectivity index (χ2n) is 2.92. The number of nitrogens with zero attached hydrogens (tertiary/aromatic N) is 1. The van der Waals surface area contributed by atoms with Crippen LogP contribution in [-0.2, 0) is 9.53 Å².